The summed E-state index contributed by atoms with van der Waals surface area (Å²) in [6, 6.07) is 25.8. The van der Waals surface area contributed by atoms with Crippen LogP contribution in [0.25, 0.3) is 0 Å². The quantitative estimate of drug-likeness (QED) is 0.155. The van der Waals surface area contributed by atoms with Crippen molar-refractivity contribution in [2.45, 2.75) is 125 Å². The summed E-state index contributed by atoms with van der Waals surface area (Å²) in [7, 11) is -15.1. The number of benzene rings is 4. The van der Waals surface area contributed by atoms with E-state index >= 15 is 0 Å². The zero-order chi connectivity index (χ0) is 46.5. The largest absolute Gasteiger partial charge is 0.269 e. The second kappa shape index (κ2) is 18.2. The average molecular weight is 949 g/mol. The van der Waals surface area contributed by atoms with Crippen molar-refractivity contribution < 1.29 is 33.7 Å². The number of nitrogens with zero attached hydrogens (tertiary/aromatic N) is 4. The van der Waals surface area contributed by atoms with Gasteiger partial charge >= 0.3 is 0 Å². The van der Waals surface area contributed by atoms with Crippen molar-refractivity contribution in [3.05, 3.63) is 143 Å². The summed E-state index contributed by atoms with van der Waals surface area (Å²) in [5.74, 6) is 0.187. The molecule has 8 rings (SSSR count). The second-order valence-electron chi connectivity index (χ2n) is 18.0. The lowest BCUT2D eigenvalue weighted by Gasteiger charge is -2.41. The van der Waals surface area contributed by atoms with Gasteiger partial charge in [0, 0.05) is 36.6 Å². The second-order valence-corrected chi connectivity index (χ2v) is 25.4. The van der Waals surface area contributed by atoms with E-state index in [1.807, 2.05) is 67.5 Å². The minimum atomic E-state index is -3.80. The lowest BCUT2D eigenvalue weighted by atomic mass is 9.94. The molecule has 0 unspecified atom stereocenters. The topological polar surface area (TPSA) is 150 Å². The van der Waals surface area contributed by atoms with Gasteiger partial charge in [0.25, 0.3) is 20.0 Å². The Bertz CT molecular complexity index is 2660. The number of hydrogen-bond donors (Lipinski definition) is 0. The summed E-state index contributed by atoms with van der Waals surface area (Å²) in [5, 5.41) is 0. The van der Waals surface area contributed by atoms with E-state index in [4.69, 9.17) is 0 Å². The number of rotatable bonds is 10. The third-order valence-corrected chi connectivity index (χ3v) is 20.4. The van der Waals surface area contributed by atoms with E-state index in [9.17, 15) is 33.7 Å². The first-order valence-corrected chi connectivity index (χ1v) is 27.6. The summed E-state index contributed by atoms with van der Waals surface area (Å²) in [6.45, 7) is 16.2. The Morgan fingerprint density at radius 3 is 0.906 bits per heavy atom. The summed E-state index contributed by atoms with van der Waals surface area (Å²) in [5.41, 5.74) is 5.07. The Hall–Kier alpha value is -4.32. The van der Waals surface area contributed by atoms with Gasteiger partial charge in [-0.2, -0.15) is 8.61 Å². The molecule has 0 amide bonds. The Balaban J connectivity index is 0.000000191. The Morgan fingerprint density at radius 1 is 0.406 bits per heavy atom. The maximum absolute atomic E-state index is 13.8. The first-order chi connectivity index (χ1) is 30.1. The Kier molecular flexibility index (Phi) is 13.5. The molecule has 64 heavy (non-hydrogen) atoms. The first-order valence-electron chi connectivity index (χ1n) is 21.9. The Labute approximate surface area is 381 Å². The van der Waals surface area contributed by atoms with Crippen LogP contribution in [-0.2, 0) is 40.1 Å². The summed E-state index contributed by atoms with van der Waals surface area (Å²) < 4.78 is 115. The van der Waals surface area contributed by atoms with Gasteiger partial charge in [0.1, 0.15) is 0 Å². The fourth-order valence-electron chi connectivity index (χ4n) is 9.19. The van der Waals surface area contributed by atoms with E-state index in [1.165, 1.54) is 8.61 Å². The molecule has 2 fully saturated rings. The molecule has 0 aromatic heterocycles. The molecule has 344 valence electrons. The average Bonchev–Trinajstić information content (AvgIpc) is 3.90. The summed E-state index contributed by atoms with van der Waals surface area (Å²) in [4.78, 5) is 0.942. The molecule has 4 aromatic carbocycles. The van der Waals surface area contributed by atoms with Crippen LogP contribution in [0, 0.1) is 39.5 Å². The van der Waals surface area contributed by atoms with Gasteiger partial charge in [-0.25, -0.2) is 33.7 Å². The molecule has 4 aromatic rings. The predicted octanol–water partition coefficient (Wildman–Crippen LogP) is 8.14. The van der Waals surface area contributed by atoms with E-state index in [0.717, 1.165) is 22.3 Å². The van der Waals surface area contributed by atoms with Crippen LogP contribution >= 0.6 is 0 Å². The molecule has 12 nitrogen and oxygen atoms in total. The van der Waals surface area contributed by atoms with Gasteiger partial charge in [0.15, 0.2) is 0 Å². The van der Waals surface area contributed by atoms with Crippen LogP contribution in [0.4, 0.5) is 0 Å². The van der Waals surface area contributed by atoms with Crippen molar-refractivity contribution >= 4 is 40.1 Å². The maximum atomic E-state index is 13.8. The summed E-state index contributed by atoms with van der Waals surface area (Å²) in [6.07, 6.45) is 5.68. The molecule has 4 aliphatic rings. The van der Waals surface area contributed by atoms with Crippen molar-refractivity contribution in [1.29, 1.82) is 0 Å². The van der Waals surface area contributed by atoms with E-state index in [1.54, 1.807) is 106 Å². The Morgan fingerprint density at radius 2 is 0.656 bits per heavy atom. The predicted molar refractivity (Wildman–Crippen MR) is 250 cm³/mol. The highest BCUT2D eigenvalue weighted by Crippen LogP contribution is 2.43. The molecule has 2 saturated heterocycles. The maximum Gasteiger partial charge on any atom is 0.264 e. The molecular weight excluding hydrogens is 889 g/mol. The molecule has 0 spiro atoms. The van der Waals surface area contributed by atoms with Gasteiger partial charge < -0.3 is 0 Å². The van der Waals surface area contributed by atoms with Crippen LogP contribution in [0.2, 0.25) is 0 Å². The van der Waals surface area contributed by atoms with Crippen molar-refractivity contribution in [2.24, 2.45) is 11.8 Å². The minimum absolute atomic E-state index is 0.0933. The number of fused-ring (bicyclic) bond motifs is 2. The molecule has 0 N–H and O–H groups in total. The first kappa shape index (κ1) is 47.6. The minimum Gasteiger partial charge on any atom is -0.269 e. The van der Waals surface area contributed by atoms with Crippen LogP contribution in [0.15, 0.2) is 140 Å². The normalized spacial score (nSPS) is 22.2. The van der Waals surface area contributed by atoms with Gasteiger partial charge in [-0.1, -0.05) is 111 Å². The molecule has 0 bridgehead atoms. The van der Waals surface area contributed by atoms with Gasteiger partial charge in [-0.05, 0) is 114 Å². The number of aryl methyl sites for hydroxylation is 4. The molecule has 0 radical (unpaired) electrons. The third-order valence-electron chi connectivity index (χ3n) is 12.8. The standard InChI is InChI=1S/2C24H30N2O4S2/c2*1-17(2)22-13-14-23-24(26(22)32(29,30)21-11-7-19(4)8-12-21)15-16-25(23)31(27,28)20-9-5-18(3)6-10-20/h2*5-12,14,17,22,24H,13,15-16H2,1-4H3/t2*22-,24-/m11/s1. The highest BCUT2D eigenvalue weighted by Gasteiger charge is 2.50. The summed E-state index contributed by atoms with van der Waals surface area (Å²) >= 11 is 0. The highest BCUT2D eigenvalue weighted by molar-refractivity contribution is 7.90. The van der Waals surface area contributed by atoms with E-state index in [0.29, 0.717) is 37.1 Å². The van der Waals surface area contributed by atoms with Gasteiger partial charge in [0.2, 0.25) is 20.0 Å². The fraction of sp³-hybridized carbons (Fsp3) is 0.417. The fourth-order valence-corrected chi connectivity index (χ4v) is 16.2. The van der Waals surface area contributed by atoms with Crippen LogP contribution < -0.4 is 0 Å². The monoisotopic (exact) mass is 948 g/mol. The van der Waals surface area contributed by atoms with E-state index in [2.05, 4.69) is 0 Å². The highest BCUT2D eigenvalue weighted by atomic mass is 32.2. The van der Waals surface area contributed by atoms with Crippen molar-refractivity contribution in [3.8, 4) is 0 Å². The van der Waals surface area contributed by atoms with Crippen LogP contribution in [0.5, 0.6) is 0 Å². The van der Waals surface area contributed by atoms with Gasteiger partial charge in [-0.3, -0.25) is 8.61 Å². The lowest BCUT2D eigenvalue weighted by Crippen LogP contribution is -2.51. The van der Waals surface area contributed by atoms with E-state index < -0.39 is 52.2 Å². The van der Waals surface area contributed by atoms with Crippen molar-refractivity contribution in [1.82, 2.24) is 17.2 Å². The number of sulfonamides is 4. The zero-order valence-corrected chi connectivity index (χ0v) is 41.1. The van der Waals surface area contributed by atoms with Crippen LogP contribution in [0.1, 0.15) is 75.6 Å². The molecule has 4 aliphatic heterocycles. The third kappa shape index (κ3) is 8.98. The molecule has 16 heteroatoms. The number of hydrogen-bond acceptors (Lipinski definition) is 8. The molecule has 0 saturated carbocycles. The smallest absolute Gasteiger partial charge is 0.264 e. The molecule has 0 aliphatic carbocycles. The molecule has 4 atom stereocenters. The molecule has 4 heterocycles. The molecular formula is C48H60N4O8S4. The van der Waals surface area contributed by atoms with E-state index in [-0.39, 0.29) is 56.6 Å². The lowest BCUT2D eigenvalue weighted by molar-refractivity contribution is 0.210. The zero-order valence-electron chi connectivity index (χ0n) is 37.8. The van der Waals surface area contributed by atoms with Crippen LogP contribution in [-0.4, -0.2) is 88.1 Å². The van der Waals surface area contributed by atoms with Gasteiger partial charge in [0.05, 0.1) is 31.7 Å². The van der Waals surface area contributed by atoms with Gasteiger partial charge in [-0.15, -0.1) is 0 Å². The van der Waals surface area contributed by atoms with Crippen molar-refractivity contribution in [2.75, 3.05) is 13.1 Å². The SMILES string of the molecule is Cc1ccc(S(=O)(=O)N2CC[C@@H]3C2=CC[C@H](C(C)C)N3S(=O)(=O)c2ccc(C)cc2)cc1.Cc1ccc(S(=O)(=O)N2CC[C@@H]3C2=CC[C@H](C(C)C)N3S(=O)(=O)c2ccc(C)cc2)cc1. The van der Waals surface area contributed by atoms with Crippen LogP contribution in [0.3, 0.4) is 0 Å². The van der Waals surface area contributed by atoms with Crippen molar-refractivity contribution in [3.63, 3.8) is 0 Å².